The van der Waals surface area contributed by atoms with Gasteiger partial charge in [-0.05, 0) is 43.3 Å². The van der Waals surface area contributed by atoms with Gasteiger partial charge in [-0.2, -0.15) is 26.3 Å². The minimum atomic E-state index is -4.92. The molecule has 0 bridgehead atoms. The molecule has 178 valence electrons. The number of aryl methyl sites for hydroxylation is 1. The van der Waals surface area contributed by atoms with Crippen LogP contribution >= 0.6 is 0 Å². The Kier molecular flexibility index (Phi) is 6.23. The Hall–Kier alpha value is -4.16. The lowest BCUT2D eigenvalue weighted by atomic mass is 10.1. The number of nitro groups is 2. The van der Waals surface area contributed by atoms with Crippen molar-refractivity contribution in [2.75, 3.05) is 4.90 Å². The highest BCUT2D eigenvalue weighted by Gasteiger charge is 2.37. The van der Waals surface area contributed by atoms with E-state index < -0.39 is 56.1 Å². The number of halogens is 6. The fourth-order valence-electron chi connectivity index (χ4n) is 3.17. The van der Waals surface area contributed by atoms with Crippen molar-refractivity contribution in [2.45, 2.75) is 19.3 Å². The highest BCUT2D eigenvalue weighted by molar-refractivity contribution is 5.86. The molecule has 0 saturated heterocycles. The fourth-order valence-corrected chi connectivity index (χ4v) is 3.17. The number of hydrogen-bond donors (Lipinski definition) is 0. The zero-order valence-electron chi connectivity index (χ0n) is 17.0. The third-order valence-corrected chi connectivity index (χ3v) is 4.77. The Balaban J connectivity index is 2.37. The quantitative estimate of drug-likeness (QED) is 0.215. The summed E-state index contributed by atoms with van der Waals surface area (Å²) in [5, 5.41) is 23.3. The lowest BCUT2D eigenvalue weighted by Gasteiger charge is -2.25. The Labute approximate surface area is 187 Å². The van der Waals surface area contributed by atoms with E-state index in [1.54, 1.807) is 6.92 Å². The maximum Gasteiger partial charge on any atom is 0.416 e. The molecular weight excluding hydrogens is 472 g/mol. The molecule has 0 unspecified atom stereocenters. The number of rotatable bonds is 5. The molecule has 0 aliphatic rings. The molecule has 7 nitrogen and oxygen atoms in total. The van der Waals surface area contributed by atoms with Crippen LogP contribution in [-0.4, -0.2) is 9.85 Å². The van der Waals surface area contributed by atoms with Crippen molar-refractivity contribution in [1.29, 1.82) is 0 Å². The molecule has 0 aliphatic carbocycles. The number of alkyl halides is 6. The van der Waals surface area contributed by atoms with Gasteiger partial charge in [0.15, 0.2) is 0 Å². The Morgan fingerprint density at radius 1 is 0.676 bits per heavy atom. The molecule has 13 heteroatoms. The van der Waals surface area contributed by atoms with Crippen LogP contribution in [0.15, 0.2) is 60.7 Å². The van der Waals surface area contributed by atoms with E-state index >= 15 is 0 Å². The average molecular weight is 485 g/mol. The second-order valence-electron chi connectivity index (χ2n) is 7.09. The molecule has 0 aromatic heterocycles. The third kappa shape index (κ3) is 4.92. The van der Waals surface area contributed by atoms with Gasteiger partial charge in [0.05, 0.1) is 21.0 Å². The first-order valence-corrected chi connectivity index (χ1v) is 9.28. The van der Waals surface area contributed by atoms with Crippen LogP contribution in [0.2, 0.25) is 0 Å². The van der Waals surface area contributed by atoms with E-state index in [1.165, 1.54) is 24.3 Å². The summed E-state index contributed by atoms with van der Waals surface area (Å²) in [5.74, 6) is 0. The van der Waals surface area contributed by atoms with Crippen LogP contribution in [0, 0.1) is 27.2 Å². The van der Waals surface area contributed by atoms with E-state index in [2.05, 4.69) is 0 Å². The minimum absolute atomic E-state index is 0.0383. The molecule has 3 aromatic carbocycles. The van der Waals surface area contributed by atoms with Crippen LogP contribution in [0.5, 0.6) is 0 Å². The van der Waals surface area contributed by atoms with Crippen LogP contribution in [0.25, 0.3) is 0 Å². The van der Waals surface area contributed by atoms with Crippen LogP contribution in [-0.2, 0) is 12.4 Å². The second-order valence-corrected chi connectivity index (χ2v) is 7.09. The summed E-state index contributed by atoms with van der Waals surface area (Å²) >= 11 is 0. The van der Waals surface area contributed by atoms with Crippen molar-refractivity contribution in [3.63, 3.8) is 0 Å². The number of nitro benzene ring substituents is 2. The molecule has 3 aromatic rings. The topological polar surface area (TPSA) is 89.5 Å². The van der Waals surface area contributed by atoms with Crippen LogP contribution in [0.1, 0.15) is 16.7 Å². The summed E-state index contributed by atoms with van der Waals surface area (Å²) in [7, 11) is 0. The van der Waals surface area contributed by atoms with E-state index in [4.69, 9.17) is 0 Å². The smallest absolute Gasteiger partial charge is 0.298 e. The van der Waals surface area contributed by atoms with Gasteiger partial charge in [-0.25, -0.2) is 0 Å². The predicted octanol–water partition coefficient (Wildman–Crippen LogP) is 7.32. The average Bonchev–Trinajstić information content (AvgIpc) is 2.74. The van der Waals surface area contributed by atoms with Crippen molar-refractivity contribution in [2.24, 2.45) is 0 Å². The van der Waals surface area contributed by atoms with Crippen LogP contribution < -0.4 is 4.90 Å². The highest BCUT2D eigenvalue weighted by atomic mass is 19.4. The van der Waals surface area contributed by atoms with Gasteiger partial charge in [0.1, 0.15) is 11.4 Å². The first-order valence-electron chi connectivity index (χ1n) is 9.28. The molecule has 0 atom stereocenters. The minimum Gasteiger partial charge on any atom is -0.298 e. The highest BCUT2D eigenvalue weighted by Crippen LogP contribution is 2.46. The molecule has 0 fully saturated rings. The first kappa shape index (κ1) is 24.5. The largest absolute Gasteiger partial charge is 0.416 e. The lowest BCUT2D eigenvalue weighted by molar-refractivity contribution is -0.384. The van der Waals surface area contributed by atoms with Crippen molar-refractivity contribution in [3.05, 3.63) is 97.6 Å². The SMILES string of the molecule is Cc1ccc(N(c2ccc(C(F)(F)F)cc2[N+](=O)[O-])c2ccc(C(F)(F)F)cc2[N+](=O)[O-])cc1. The molecule has 0 amide bonds. The summed E-state index contributed by atoms with van der Waals surface area (Å²) in [4.78, 5) is 22.0. The molecular formula is C21H13F6N3O4. The van der Waals surface area contributed by atoms with Gasteiger partial charge in [0, 0.05) is 17.8 Å². The van der Waals surface area contributed by atoms with E-state index in [1.807, 2.05) is 0 Å². The van der Waals surface area contributed by atoms with Gasteiger partial charge in [-0.3, -0.25) is 25.1 Å². The second kappa shape index (κ2) is 8.65. The van der Waals surface area contributed by atoms with Crippen molar-refractivity contribution in [1.82, 2.24) is 0 Å². The molecule has 0 aliphatic heterocycles. The Morgan fingerprint density at radius 3 is 1.38 bits per heavy atom. The number of anilines is 3. The van der Waals surface area contributed by atoms with E-state index in [0.29, 0.717) is 17.7 Å². The molecule has 0 radical (unpaired) electrons. The van der Waals surface area contributed by atoms with Gasteiger partial charge >= 0.3 is 12.4 Å². The standard InChI is InChI=1S/C21H13F6N3O4/c1-12-2-6-15(7-3-12)28(16-8-4-13(20(22,23)24)10-18(16)29(31)32)17-9-5-14(21(25,26)27)11-19(17)30(33)34/h2-11H,1H3. The zero-order valence-corrected chi connectivity index (χ0v) is 17.0. The Morgan fingerprint density at radius 2 is 1.06 bits per heavy atom. The monoisotopic (exact) mass is 485 g/mol. The number of benzene rings is 3. The maximum atomic E-state index is 13.1. The van der Waals surface area contributed by atoms with Gasteiger partial charge in [-0.1, -0.05) is 17.7 Å². The van der Waals surface area contributed by atoms with Gasteiger partial charge in [0.2, 0.25) is 0 Å². The van der Waals surface area contributed by atoms with Crippen LogP contribution in [0.3, 0.4) is 0 Å². The summed E-state index contributed by atoms with van der Waals surface area (Å²) < 4.78 is 78.9. The van der Waals surface area contributed by atoms with Crippen molar-refractivity contribution >= 4 is 28.4 Å². The van der Waals surface area contributed by atoms with Gasteiger partial charge in [0.25, 0.3) is 11.4 Å². The summed E-state index contributed by atoms with van der Waals surface area (Å²) in [6.45, 7) is 1.69. The summed E-state index contributed by atoms with van der Waals surface area (Å²) in [6, 6.07) is 8.86. The molecule has 34 heavy (non-hydrogen) atoms. The maximum absolute atomic E-state index is 13.1. The molecule has 0 N–H and O–H groups in total. The molecule has 0 saturated carbocycles. The summed E-state index contributed by atoms with van der Waals surface area (Å²) in [5.41, 5.74) is -5.05. The van der Waals surface area contributed by atoms with Crippen molar-refractivity contribution < 1.29 is 36.2 Å². The molecule has 0 spiro atoms. The Bertz CT molecular complexity index is 1180. The van der Waals surface area contributed by atoms with Crippen molar-refractivity contribution in [3.8, 4) is 0 Å². The normalized spacial score (nSPS) is 11.9. The first-order chi connectivity index (χ1) is 15.7. The lowest BCUT2D eigenvalue weighted by Crippen LogP contribution is -2.16. The van der Waals surface area contributed by atoms with E-state index in [-0.39, 0.29) is 17.8 Å². The molecule has 3 rings (SSSR count). The van der Waals surface area contributed by atoms with E-state index in [0.717, 1.165) is 17.0 Å². The number of hydrogen-bond acceptors (Lipinski definition) is 5. The van der Waals surface area contributed by atoms with Gasteiger partial charge in [-0.15, -0.1) is 0 Å². The number of nitrogens with zero attached hydrogens (tertiary/aromatic N) is 3. The fraction of sp³-hybridized carbons (Fsp3) is 0.143. The van der Waals surface area contributed by atoms with E-state index in [9.17, 15) is 46.6 Å². The van der Waals surface area contributed by atoms with Crippen LogP contribution in [0.4, 0.5) is 54.8 Å². The predicted molar refractivity (Wildman–Crippen MR) is 109 cm³/mol. The third-order valence-electron chi connectivity index (χ3n) is 4.77. The van der Waals surface area contributed by atoms with Gasteiger partial charge < -0.3 is 0 Å². The zero-order chi connectivity index (χ0) is 25.4. The summed E-state index contributed by atoms with van der Waals surface area (Å²) in [6.07, 6.45) is -9.84. The molecule has 0 heterocycles.